The lowest BCUT2D eigenvalue weighted by molar-refractivity contribution is -0.391. The molecule has 0 atom stereocenters. The summed E-state index contributed by atoms with van der Waals surface area (Å²) in [6.07, 6.45) is -3.00. The molecule has 8 heteroatoms. The number of aromatic nitrogens is 1. The van der Waals surface area contributed by atoms with Crippen molar-refractivity contribution >= 4 is 12.1 Å². The summed E-state index contributed by atoms with van der Waals surface area (Å²) in [5.74, 6) is -1.11. The number of nitro groups is 1. The van der Waals surface area contributed by atoms with Crippen molar-refractivity contribution in [3.63, 3.8) is 0 Å². The van der Waals surface area contributed by atoms with Gasteiger partial charge in [-0.1, -0.05) is 0 Å². The first-order chi connectivity index (χ1) is 7.51. The molecule has 0 aliphatic rings. The molecule has 0 saturated heterocycles. The summed E-state index contributed by atoms with van der Waals surface area (Å²) in [5, 5.41) is 18.9. The molecule has 16 heavy (non-hydrogen) atoms. The number of halogens is 2. The van der Waals surface area contributed by atoms with Gasteiger partial charge in [-0.25, -0.2) is 8.78 Å². The van der Waals surface area contributed by atoms with E-state index in [0.29, 0.717) is 6.07 Å². The fraction of sp³-hybridized carbons (Fsp3) is 0.125. The molecule has 6 nitrogen and oxygen atoms in total. The second-order valence-corrected chi connectivity index (χ2v) is 2.63. The first-order valence-corrected chi connectivity index (χ1v) is 3.84. The van der Waals surface area contributed by atoms with Crippen molar-refractivity contribution in [2.75, 3.05) is 0 Å². The van der Waals surface area contributed by atoms with E-state index in [9.17, 15) is 23.7 Å². The molecule has 0 radical (unpaired) electrons. The van der Waals surface area contributed by atoms with Crippen LogP contribution in [0.5, 0.6) is 0 Å². The van der Waals surface area contributed by atoms with E-state index >= 15 is 0 Å². The van der Waals surface area contributed by atoms with Gasteiger partial charge in [0, 0.05) is 0 Å². The van der Waals surface area contributed by atoms with Gasteiger partial charge in [-0.3, -0.25) is 4.79 Å². The SMILES string of the molecule is N#Cc1nc([N+](=O)[O-])c(C(F)F)cc1C=O. The van der Waals surface area contributed by atoms with Gasteiger partial charge in [-0.2, -0.15) is 5.26 Å². The van der Waals surface area contributed by atoms with Gasteiger partial charge in [-0.15, -0.1) is 0 Å². The fourth-order valence-electron chi connectivity index (χ4n) is 1.02. The maximum absolute atomic E-state index is 12.4. The first-order valence-electron chi connectivity index (χ1n) is 3.84. The van der Waals surface area contributed by atoms with Gasteiger partial charge < -0.3 is 10.1 Å². The van der Waals surface area contributed by atoms with Gasteiger partial charge in [0.15, 0.2) is 6.29 Å². The van der Waals surface area contributed by atoms with Crippen LogP contribution in [0.1, 0.15) is 28.0 Å². The van der Waals surface area contributed by atoms with E-state index in [-0.39, 0.29) is 6.29 Å². The molecule has 1 heterocycles. The largest absolute Gasteiger partial charge is 0.373 e. The van der Waals surface area contributed by atoms with Crippen molar-refractivity contribution in [2.45, 2.75) is 6.43 Å². The molecule has 0 aliphatic carbocycles. The van der Waals surface area contributed by atoms with Crippen molar-refractivity contribution < 1.29 is 18.5 Å². The highest BCUT2D eigenvalue weighted by Gasteiger charge is 2.27. The van der Waals surface area contributed by atoms with Gasteiger partial charge in [0.2, 0.25) is 0 Å². The zero-order valence-corrected chi connectivity index (χ0v) is 7.55. The Hall–Kier alpha value is -2.43. The molecule has 0 fully saturated rings. The van der Waals surface area contributed by atoms with Crippen LogP contribution in [0.4, 0.5) is 14.6 Å². The number of nitrogens with zero attached hydrogens (tertiary/aromatic N) is 3. The number of carbonyl (C=O) groups excluding carboxylic acids is 1. The minimum Gasteiger partial charge on any atom is -0.358 e. The van der Waals surface area contributed by atoms with Crippen LogP contribution in [-0.4, -0.2) is 16.2 Å². The summed E-state index contributed by atoms with van der Waals surface area (Å²) in [4.78, 5) is 22.8. The Morgan fingerprint density at radius 2 is 2.25 bits per heavy atom. The van der Waals surface area contributed by atoms with Crippen molar-refractivity contribution in [1.29, 1.82) is 5.26 Å². The molecule has 0 N–H and O–H groups in total. The van der Waals surface area contributed by atoms with E-state index in [1.54, 1.807) is 0 Å². The first kappa shape index (κ1) is 11.6. The molecule has 0 unspecified atom stereocenters. The van der Waals surface area contributed by atoms with Crippen molar-refractivity contribution in [2.24, 2.45) is 0 Å². The third-order valence-corrected chi connectivity index (χ3v) is 1.70. The van der Waals surface area contributed by atoms with Gasteiger partial charge in [-0.05, 0) is 16.0 Å². The lowest BCUT2D eigenvalue weighted by Crippen LogP contribution is -2.04. The van der Waals surface area contributed by atoms with E-state index in [0.717, 1.165) is 0 Å². The number of carbonyl (C=O) groups is 1. The van der Waals surface area contributed by atoms with E-state index in [2.05, 4.69) is 4.98 Å². The smallest absolute Gasteiger partial charge is 0.358 e. The standard InChI is InChI=1S/C8H3F2N3O3/c9-7(10)5-1-4(3-14)6(2-11)12-8(5)13(15)16/h1,3,7H. The average molecular weight is 227 g/mol. The summed E-state index contributed by atoms with van der Waals surface area (Å²) in [6.45, 7) is 0. The predicted molar refractivity (Wildman–Crippen MR) is 46.0 cm³/mol. The van der Waals surface area contributed by atoms with Crippen LogP contribution in [-0.2, 0) is 0 Å². The number of nitriles is 1. The molecular weight excluding hydrogens is 224 g/mol. The van der Waals surface area contributed by atoms with Crippen LogP contribution in [0.2, 0.25) is 0 Å². The van der Waals surface area contributed by atoms with Crippen molar-refractivity contribution in [3.8, 4) is 6.07 Å². The highest BCUT2D eigenvalue weighted by Crippen LogP contribution is 2.28. The minimum absolute atomic E-state index is 0.140. The minimum atomic E-state index is -3.14. The quantitative estimate of drug-likeness (QED) is 0.443. The molecule has 0 spiro atoms. The second-order valence-electron chi connectivity index (χ2n) is 2.63. The summed E-state index contributed by atoms with van der Waals surface area (Å²) in [7, 11) is 0. The molecule has 1 aromatic rings. The van der Waals surface area contributed by atoms with E-state index in [4.69, 9.17) is 5.26 Å². The highest BCUT2D eigenvalue weighted by molar-refractivity contribution is 5.79. The van der Waals surface area contributed by atoms with E-state index < -0.39 is 34.0 Å². The Kier molecular flexibility index (Phi) is 3.20. The van der Waals surface area contributed by atoms with Crippen molar-refractivity contribution in [1.82, 2.24) is 4.98 Å². The van der Waals surface area contributed by atoms with Crippen LogP contribution >= 0.6 is 0 Å². The lowest BCUT2D eigenvalue weighted by Gasteiger charge is -2.01. The average Bonchev–Trinajstić information content (AvgIpc) is 2.26. The summed E-state index contributed by atoms with van der Waals surface area (Å²) < 4.78 is 24.8. The summed E-state index contributed by atoms with van der Waals surface area (Å²) in [5.41, 5.74) is -1.93. The third kappa shape index (κ3) is 1.98. The predicted octanol–water partition coefficient (Wildman–Crippen LogP) is 1.61. The zero-order chi connectivity index (χ0) is 12.3. The van der Waals surface area contributed by atoms with E-state index in [1.165, 1.54) is 6.07 Å². The van der Waals surface area contributed by atoms with Crippen LogP contribution in [0.25, 0.3) is 0 Å². The van der Waals surface area contributed by atoms with Crippen LogP contribution in [0.3, 0.4) is 0 Å². The van der Waals surface area contributed by atoms with Gasteiger partial charge >= 0.3 is 5.82 Å². The molecule has 82 valence electrons. The Balaban J connectivity index is 3.55. The number of rotatable bonds is 3. The molecule has 1 aromatic heterocycles. The van der Waals surface area contributed by atoms with Gasteiger partial charge in [0.1, 0.15) is 11.6 Å². The maximum Gasteiger partial charge on any atom is 0.373 e. The van der Waals surface area contributed by atoms with Crippen LogP contribution in [0.15, 0.2) is 6.07 Å². The fourth-order valence-corrected chi connectivity index (χ4v) is 1.02. The second kappa shape index (κ2) is 4.39. The lowest BCUT2D eigenvalue weighted by atomic mass is 10.1. The molecule has 0 aliphatic heterocycles. The zero-order valence-electron chi connectivity index (χ0n) is 7.55. The van der Waals surface area contributed by atoms with Gasteiger partial charge in [0.25, 0.3) is 12.1 Å². The number of hydrogen-bond donors (Lipinski definition) is 0. The summed E-state index contributed by atoms with van der Waals surface area (Å²) >= 11 is 0. The third-order valence-electron chi connectivity index (χ3n) is 1.70. The monoisotopic (exact) mass is 227 g/mol. The number of alkyl halides is 2. The molecule has 0 bridgehead atoms. The molecular formula is C8H3F2N3O3. The number of pyridine rings is 1. The molecule has 0 saturated carbocycles. The van der Waals surface area contributed by atoms with Crippen LogP contribution < -0.4 is 0 Å². The Morgan fingerprint density at radius 3 is 2.62 bits per heavy atom. The van der Waals surface area contributed by atoms with Crippen molar-refractivity contribution in [3.05, 3.63) is 33.0 Å². The Labute approximate surface area is 87.3 Å². The van der Waals surface area contributed by atoms with E-state index in [1.807, 2.05) is 0 Å². The molecule has 1 rings (SSSR count). The number of aldehydes is 1. The normalized spacial score (nSPS) is 9.88. The number of hydrogen-bond acceptors (Lipinski definition) is 5. The Bertz CT molecular complexity index is 496. The summed E-state index contributed by atoms with van der Waals surface area (Å²) in [6, 6.07) is 2.01. The Morgan fingerprint density at radius 1 is 1.62 bits per heavy atom. The maximum atomic E-state index is 12.4. The van der Waals surface area contributed by atoms with Gasteiger partial charge in [0.05, 0.1) is 5.56 Å². The van der Waals surface area contributed by atoms with Crippen LogP contribution in [0, 0.1) is 21.4 Å². The molecule has 0 aromatic carbocycles. The highest BCUT2D eigenvalue weighted by atomic mass is 19.3. The topological polar surface area (TPSA) is 96.9 Å². The molecule has 0 amide bonds.